The number of nitrogens with zero attached hydrogens (tertiary/aromatic N) is 2. The van der Waals surface area contributed by atoms with E-state index < -0.39 is 0 Å². The monoisotopic (exact) mass is 374 g/mol. The largest absolute Gasteiger partial charge is 0.303 e. The second-order valence-electron chi connectivity index (χ2n) is 9.78. The predicted molar refractivity (Wildman–Crippen MR) is 107 cm³/mol. The summed E-state index contributed by atoms with van der Waals surface area (Å²) >= 11 is 0. The van der Waals surface area contributed by atoms with Crippen LogP contribution in [0.15, 0.2) is 0 Å². The molecule has 2 bridgehead atoms. The number of hydrogen-bond donors (Lipinski definition) is 0. The highest BCUT2D eigenvalue weighted by atomic mass is 16.2. The third-order valence-electron chi connectivity index (χ3n) is 8.07. The van der Waals surface area contributed by atoms with E-state index in [1.54, 1.807) is 4.90 Å². The number of rotatable bonds is 8. The van der Waals surface area contributed by atoms with E-state index >= 15 is 0 Å². The van der Waals surface area contributed by atoms with Crippen molar-refractivity contribution in [3.05, 3.63) is 0 Å². The van der Waals surface area contributed by atoms with E-state index in [9.17, 15) is 9.59 Å². The molecule has 0 aromatic rings. The zero-order valence-corrected chi connectivity index (χ0v) is 17.4. The van der Waals surface area contributed by atoms with E-state index in [-0.39, 0.29) is 23.7 Å². The first-order chi connectivity index (χ1) is 13.1. The van der Waals surface area contributed by atoms with Crippen LogP contribution in [0.4, 0.5) is 0 Å². The van der Waals surface area contributed by atoms with E-state index in [1.165, 1.54) is 64.5 Å². The van der Waals surface area contributed by atoms with Gasteiger partial charge in [-0.3, -0.25) is 14.5 Å². The fourth-order valence-corrected chi connectivity index (χ4v) is 6.91. The summed E-state index contributed by atoms with van der Waals surface area (Å²) in [5, 5.41) is 0. The normalized spacial score (nSPS) is 38.3. The van der Waals surface area contributed by atoms with Gasteiger partial charge in [-0.25, -0.2) is 0 Å². The van der Waals surface area contributed by atoms with E-state index in [0.717, 1.165) is 13.0 Å². The second-order valence-corrected chi connectivity index (χ2v) is 9.78. The van der Waals surface area contributed by atoms with Crippen LogP contribution in [0.3, 0.4) is 0 Å². The molecular formula is C23H38N2O2. The summed E-state index contributed by atoms with van der Waals surface area (Å²) in [6, 6.07) is 0. The molecule has 4 fully saturated rings. The molecule has 27 heavy (non-hydrogen) atoms. The summed E-state index contributed by atoms with van der Waals surface area (Å²) in [6.07, 6.45) is 10.9. The average molecular weight is 375 g/mol. The Morgan fingerprint density at radius 1 is 0.852 bits per heavy atom. The van der Waals surface area contributed by atoms with Crippen molar-refractivity contribution in [2.45, 2.75) is 71.6 Å². The fraction of sp³-hybridized carbons (Fsp3) is 0.913. The van der Waals surface area contributed by atoms with Gasteiger partial charge in [-0.1, -0.05) is 26.7 Å². The fourth-order valence-electron chi connectivity index (χ4n) is 6.91. The van der Waals surface area contributed by atoms with Crippen molar-refractivity contribution >= 4 is 11.8 Å². The van der Waals surface area contributed by atoms with Crippen LogP contribution in [0.1, 0.15) is 71.6 Å². The highest BCUT2D eigenvalue weighted by molar-refractivity contribution is 6.06. The zero-order valence-electron chi connectivity index (χ0n) is 17.4. The van der Waals surface area contributed by atoms with Gasteiger partial charge in [0.15, 0.2) is 0 Å². The van der Waals surface area contributed by atoms with Gasteiger partial charge in [-0.05, 0) is 81.7 Å². The molecule has 6 unspecified atom stereocenters. The van der Waals surface area contributed by atoms with Crippen LogP contribution < -0.4 is 0 Å². The van der Waals surface area contributed by atoms with Crippen molar-refractivity contribution in [3.63, 3.8) is 0 Å². The van der Waals surface area contributed by atoms with Crippen LogP contribution >= 0.6 is 0 Å². The minimum atomic E-state index is 0.0509. The quantitative estimate of drug-likeness (QED) is 0.604. The van der Waals surface area contributed by atoms with E-state index in [1.807, 2.05) is 0 Å². The molecule has 4 heteroatoms. The summed E-state index contributed by atoms with van der Waals surface area (Å²) in [5.41, 5.74) is 0. The van der Waals surface area contributed by atoms with Gasteiger partial charge in [0, 0.05) is 13.1 Å². The average Bonchev–Trinajstić information content (AvgIpc) is 3.33. The molecule has 0 aromatic carbocycles. The Morgan fingerprint density at radius 2 is 1.41 bits per heavy atom. The van der Waals surface area contributed by atoms with Crippen molar-refractivity contribution in [2.75, 3.05) is 26.2 Å². The highest BCUT2D eigenvalue weighted by Crippen LogP contribution is 2.56. The molecule has 1 saturated heterocycles. The Morgan fingerprint density at radius 3 is 1.96 bits per heavy atom. The summed E-state index contributed by atoms with van der Waals surface area (Å²) in [7, 11) is 0. The highest BCUT2D eigenvalue weighted by Gasteiger charge is 2.61. The summed E-state index contributed by atoms with van der Waals surface area (Å²) in [5.74, 6) is 2.67. The van der Waals surface area contributed by atoms with Gasteiger partial charge in [0.2, 0.25) is 11.8 Å². The molecular weight excluding hydrogens is 336 g/mol. The number of imide groups is 1. The van der Waals surface area contributed by atoms with Gasteiger partial charge in [0.05, 0.1) is 11.8 Å². The van der Waals surface area contributed by atoms with Crippen LogP contribution in [-0.4, -0.2) is 47.8 Å². The van der Waals surface area contributed by atoms with Crippen LogP contribution in [0, 0.1) is 35.5 Å². The molecule has 4 rings (SSSR count). The topological polar surface area (TPSA) is 40.6 Å². The summed E-state index contributed by atoms with van der Waals surface area (Å²) in [4.78, 5) is 30.5. The lowest BCUT2D eigenvalue weighted by molar-refractivity contribution is -0.142. The lowest BCUT2D eigenvalue weighted by atomic mass is 9.78. The Bertz CT molecular complexity index is 529. The minimum Gasteiger partial charge on any atom is -0.303 e. The molecule has 0 aromatic heterocycles. The van der Waals surface area contributed by atoms with Crippen LogP contribution in [0.25, 0.3) is 0 Å². The predicted octanol–water partition coefficient (Wildman–Crippen LogP) is 3.95. The van der Waals surface area contributed by atoms with Gasteiger partial charge >= 0.3 is 0 Å². The zero-order chi connectivity index (χ0) is 19.0. The van der Waals surface area contributed by atoms with Crippen molar-refractivity contribution in [3.8, 4) is 0 Å². The third kappa shape index (κ3) is 3.59. The molecule has 0 N–H and O–H groups in total. The molecule has 6 atom stereocenters. The molecule has 1 aliphatic heterocycles. The molecule has 152 valence electrons. The molecule has 0 radical (unpaired) electrons. The molecule has 0 spiro atoms. The second kappa shape index (κ2) is 8.23. The number of carbonyl (C=O) groups excluding carboxylic acids is 2. The number of likely N-dealkylation sites (tertiary alicyclic amines) is 1. The van der Waals surface area contributed by atoms with Crippen molar-refractivity contribution < 1.29 is 9.59 Å². The van der Waals surface area contributed by atoms with Gasteiger partial charge in [-0.2, -0.15) is 0 Å². The standard InChI is InChI=1S/C23H38N2O2/c1-3-11-24(12-4-2)14-18-7-5-6-8-19(18)15-25-22(26)20-16-9-10-17(13-16)21(20)23(25)27/h16-21H,3-15H2,1-2H3. The van der Waals surface area contributed by atoms with Crippen molar-refractivity contribution in [1.29, 1.82) is 0 Å². The Hall–Kier alpha value is -0.900. The van der Waals surface area contributed by atoms with Crippen molar-refractivity contribution in [1.82, 2.24) is 9.80 Å². The third-order valence-corrected chi connectivity index (χ3v) is 8.07. The maximum absolute atomic E-state index is 13.1. The minimum absolute atomic E-state index is 0.0509. The molecule has 3 saturated carbocycles. The Labute approximate surface area is 165 Å². The van der Waals surface area contributed by atoms with E-state index in [2.05, 4.69) is 18.7 Å². The lowest BCUT2D eigenvalue weighted by Gasteiger charge is -2.37. The first kappa shape index (κ1) is 19.4. The number of hydrogen-bond acceptors (Lipinski definition) is 3. The number of amides is 2. The molecule has 4 nitrogen and oxygen atoms in total. The summed E-state index contributed by atoms with van der Waals surface area (Å²) in [6.45, 7) is 8.73. The molecule has 1 heterocycles. The van der Waals surface area contributed by atoms with Gasteiger partial charge in [0.1, 0.15) is 0 Å². The van der Waals surface area contributed by atoms with Gasteiger partial charge in [-0.15, -0.1) is 0 Å². The van der Waals surface area contributed by atoms with Crippen LogP contribution in [0.2, 0.25) is 0 Å². The molecule has 2 amide bonds. The van der Waals surface area contributed by atoms with Crippen LogP contribution in [-0.2, 0) is 9.59 Å². The SMILES string of the molecule is CCCN(CCC)CC1CCCCC1CN1C(=O)C2C3CCC(C3)C2C1=O. The number of fused-ring (bicyclic) bond motifs is 5. The number of carbonyl (C=O) groups is 2. The Kier molecular flexibility index (Phi) is 5.92. The maximum Gasteiger partial charge on any atom is 0.233 e. The first-order valence-electron chi connectivity index (χ1n) is 11.7. The maximum atomic E-state index is 13.1. The first-order valence-corrected chi connectivity index (χ1v) is 11.7. The summed E-state index contributed by atoms with van der Waals surface area (Å²) < 4.78 is 0. The van der Waals surface area contributed by atoms with Gasteiger partial charge < -0.3 is 4.90 Å². The smallest absolute Gasteiger partial charge is 0.233 e. The van der Waals surface area contributed by atoms with E-state index in [4.69, 9.17) is 0 Å². The van der Waals surface area contributed by atoms with Crippen LogP contribution in [0.5, 0.6) is 0 Å². The Balaban J connectivity index is 1.42. The van der Waals surface area contributed by atoms with Crippen molar-refractivity contribution in [2.24, 2.45) is 35.5 Å². The molecule has 4 aliphatic rings. The van der Waals surface area contributed by atoms with Gasteiger partial charge in [0.25, 0.3) is 0 Å². The van der Waals surface area contributed by atoms with E-state index in [0.29, 0.717) is 30.2 Å². The lowest BCUT2D eigenvalue weighted by Crippen LogP contribution is -2.43. The molecule has 3 aliphatic carbocycles.